The van der Waals surface area contributed by atoms with E-state index in [4.69, 9.17) is 14.8 Å². The van der Waals surface area contributed by atoms with Gasteiger partial charge in [0.2, 0.25) is 0 Å². The maximum Gasteiger partial charge on any atom is 0.164 e. The van der Waals surface area contributed by atoms with Crippen molar-refractivity contribution in [2.75, 3.05) is 7.11 Å². The summed E-state index contributed by atoms with van der Waals surface area (Å²) in [5.74, 6) is 0.822. The second-order valence-corrected chi connectivity index (χ2v) is 8.24. The number of pyridine rings is 1. The van der Waals surface area contributed by atoms with E-state index in [9.17, 15) is 0 Å². The maximum atomic E-state index is 5.32. The summed E-state index contributed by atoms with van der Waals surface area (Å²) in [5.41, 5.74) is 6.94. The number of aromatic nitrogens is 3. The van der Waals surface area contributed by atoms with Crippen LogP contribution in [0.2, 0.25) is 0 Å². The summed E-state index contributed by atoms with van der Waals surface area (Å²) in [4.78, 5) is 5.05. The molecule has 0 radical (unpaired) electrons. The number of ether oxygens (including phenoxy) is 1. The fraction of sp³-hybridized carbons (Fsp3) is 0.0769. The van der Waals surface area contributed by atoms with E-state index in [0.29, 0.717) is 0 Å². The lowest BCUT2D eigenvalue weighted by molar-refractivity contribution is 0.415. The molecule has 0 amide bonds. The normalized spacial score (nSPS) is 11.1. The fourth-order valence-corrected chi connectivity index (χ4v) is 4.07. The van der Waals surface area contributed by atoms with Crippen LogP contribution >= 0.6 is 15.9 Å². The molecule has 31 heavy (non-hydrogen) atoms. The van der Waals surface area contributed by atoms with Crippen LogP contribution in [0.4, 0.5) is 0 Å². The number of hydrogen-bond acceptors (Lipinski definition) is 3. The first-order valence-corrected chi connectivity index (χ1v) is 10.8. The monoisotopic (exact) mass is 469 g/mol. The van der Waals surface area contributed by atoms with E-state index in [1.54, 1.807) is 7.11 Å². The van der Waals surface area contributed by atoms with E-state index in [-0.39, 0.29) is 0 Å². The van der Waals surface area contributed by atoms with E-state index < -0.39 is 0 Å². The van der Waals surface area contributed by atoms with Crippen molar-refractivity contribution >= 4 is 27.0 Å². The smallest absolute Gasteiger partial charge is 0.164 e. The summed E-state index contributed by atoms with van der Waals surface area (Å²) in [6.07, 6.45) is 0. The van der Waals surface area contributed by atoms with Crippen LogP contribution in [0.15, 0.2) is 89.4 Å². The average Bonchev–Trinajstić information content (AvgIpc) is 3.16. The van der Waals surface area contributed by atoms with Crippen molar-refractivity contribution in [2.45, 2.75) is 6.92 Å². The number of hydrogen-bond donors (Lipinski definition) is 0. The predicted molar refractivity (Wildman–Crippen MR) is 129 cm³/mol. The quantitative estimate of drug-likeness (QED) is 0.289. The molecule has 5 rings (SSSR count). The van der Waals surface area contributed by atoms with Crippen molar-refractivity contribution in [1.29, 1.82) is 0 Å². The van der Waals surface area contributed by atoms with Crippen molar-refractivity contribution in [1.82, 2.24) is 14.8 Å². The largest absolute Gasteiger partial charge is 0.497 e. The van der Waals surface area contributed by atoms with Gasteiger partial charge in [-0.05, 0) is 72.6 Å². The highest BCUT2D eigenvalue weighted by Gasteiger charge is 2.18. The SMILES string of the molecule is COc1ccc(-c2cc(-c3ccc(Br)cc3)c3c(C)nn(-c4ccccc4)c3n2)cc1. The van der Waals surface area contributed by atoms with Crippen molar-refractivity contribution in [3.8, 4) is 33.8 Å². The highest BCUT2D eigenvalue weighted by Crippen LogP contribution is 2.35. The molecule has 0 saturated carbocycles. The molecule has 0 aliphatic heterocycles. The molecule has 0 N–H and O–H groups in total. The van der Waals surface area contributed by atoms with Crippen LogP contribution in [-0.2, 0) is 0 Å². The molecular formula is C26H20BrN3O. The highest BCUT2D eigenvalue weighted by molar-refractivity contribution is 9.10. The van der Waals surface area contributed by atoms with Crippen LogP contribution in [0.3, 0.4) is 0 Å². The molecule has 0 unspecified atom stereocenters. The number of fused-ring (bicyclic) bond motifs is 1. The van der Waals surface area contributed by atoms with Gasteiger partial charge in [-0.3, -0.25) is 0 Å². The third kappa shape index (κ3) is 3.62. The minimum Gasteiger partial charge on any atom is -0.497 e. The van der Waals surface area contributed by atoms with Crippen LogP contribution in [0.1, 0.15) is 5.69 Å². The van der Waals surface area contributed by atoms with Crippen molar-refractivity contribution in [2.24, 2.45) is 0 Å². The van der Waals surface area contributed by atoms with E-state index in [1.807, 2.05) is 66.2 Å². The molecule has 0 bridgehead atoms. The van der Waals surface area contributed by atoms with Gasteiger partial charge in [-0.15, -0.1) is 0 Å². The van der Waals surface area contributed by atoms with E-state index in [2.05, 4.69) is 46.3 Å². The Labute approximate surface area is 189 Å². The van der Waals surface area contributed by atoms with E-state index in [0.717, 1.165) is 55.0 Å². The van der Waals surface area contributed by atoms with Crippen LogP contribution in [0, 0.1) is 6.92 Å². The first kappa shape index (κ1) is 19.5. The van der Waals surface area contributed by atoms with Gasteiger partial charge in [0.25, 0.3) is 0 Å². The first-order valence-electron chi connectivity index (χ1n) is 10.0. The third-order valence-electron chi connectivity index (χ3n) is 5.35. The molecule has 0 saturated heterocycles. The summed E-state index contributed by atoms with van der Waals surface area (Å²) >= 11 is 3.54. The summed E-state index contributed by atoms with van der Waals surface area (Å²) in [6, 6.07) is 28.6. The number of rotatable bonds is 4. The summed E-state index contributed by atoms with van der Waals surface area (Å²) < 4.78 is 8.30. The Kier molecular flexibility index (Phi) is 5.04. The number of halogens is 1. The number of para-hydroxylation sites is 1. The zero-order valence-electron chi connectivity index (χ0n) is 17.2. The van der Waals surface area contributed by atoms with Gasteiger partial charge in [0.05, 0.1) is 29.6 Å². The molecule has 2 aromatic heterocycles. The summed E-state index contributed by atoms with van der Waals surface area (Å²) in [7, 11) is 1.67. The molecule has 0 aliphatic carbocycles. The van der Waals surface area contributed by atoms with Crippen molar-refractivity contribution in [3.63, 3.8) is 0 Å². The molecule has 5 heteroatoms. The highest BCUT2D eigenvalue weighted by atomic mass is 79.9. The zero-order valence-corrected chi connectivity index (χ0v) is 18.8. The maximum absolute atomic E-state index is 5.32. The third-order valence-corrected chi connectivity index (χ3v) is 5.88. The van der Waals surface area contributed by atoms with Gasteiger partial charge in [0.1, 0.15) is 5.75 Å². The number of benzene rings is 3. The van der Waals surface area contributed by atoms with Gasteiger partial charge in [-0.1, -0.05) is 46.3 Å². The molecule has 2 heterocycles. The second kappa shape index (κ2) is 8.00. The first-order chi connectivity index (χ1) is 15.1. The van der Waals surface area contributed by atoms with Crippen LogP contribution < -0.4 is 4.74 Å². The predicted octanol–water partition coefficient (Wildman–Crippen LogP) is 6.83. The fourth-order valence-electron chi connectivity index (χ4n) is 3.80. The Morgan fingerprint density at radius 2 is 1.52 bits per heavy atom. The molecule has 0 spiro atoms. The molecule has 0 atom stereocenters. The lowest BCUT2D eigenvalue weighted by atomic mass is 9.99. The minimum atomic E-state index is 0.822. The van der Waals surface area contributed by atoms with Crippen molar-refractivity contribution < 1.29 is 4.74 Å². The van der Waals surface area contributed by atoms with Crippen LogP contribution in [0.5, 0.6) is 5.75 Å². The molecule has 5 aromatic rings. The van der Waals surface area contributed by atoms with Gasteiger partial charge < -0.3 is 4.74 Å². The Bertz CT molecular complexity index is 1360. The van der Waals surface area contributed by atoms with Crippen LogP contribution in [-0.4, -0.2) is 21.9 Å². The van der Waals surface area contributed by atoms with Gasteiger partial charge in [0, 0.05) is 10.0 Å². The number of aryl methyl sites for hydroxylation is 1. The van der Waals surface area contributed by atoms with Gasteiger partial charge in [-0.25, -0.2) is 9.67 Å². The molecule has 3 aromatic carbocycles. The summed E-state index contributed by atoms with van der Waals surface area (Å²) in [6.45, 7) is 2.04. The zero-order chi connectivity index (χ0) is 21.4. The molecule has 0 aliphatic rings. The van der Waals surface area contributed by atoms with Gasteiger partial charge >= 0.3 is 0 Å². The number of nitrogens with zero attached hydrogens (tertiary/aromatic N) is 3. The van der Waals surface area contributed by atoms with E-state index >= 15 is 0 Å². The Morgan fingerprint density at radius 3 is 2.19 bits per heavy atom. The number of methoxy groups -OCH3 is 1. The molecule has 0 fully saturated rings. The second-order valence-electron chi connectivity index (χ2n) is 7.32. The van der Waals surface area contributed by atoms with Gasteiger partial charge in [-0.2, -0.15) is 5.10 Å². The molecule has 152 valence electrons. The standard InChI is InChI=1S/C26H20BrN3O/c1-17-25-23(18-8-12-20(27)13-9-18)16-24(19-10-14-22(31-2)15-11-19)28-26(25)30(29-17)21-6-4-3-5-7-21/h3-16H,1-2H3. The molecular weight excluding hydrogens is 450 g/mol. The Morgan fingerprint density at radius 1 is 0.839 bits per heavy atom. The van der Waals surface area contributed by atoms with Crippen LogP contribution in [0.25, 0.3) is 39.1 Å². The minimum absolute atomic E-state index is 0.822. The summed E-state index contributed by atoms with van der Waals surface area (Å²) in [5, 5.41) is 5.91. The lowest BCUT2D eigenvalue weighted by Gasteiger charge is -2.10. The van der Waals surface area contributed by atoms with E-state index in [1.165, 1.54) is 0 Å². The Balaban J connectivity index is 1.81. The topological polar surface area (TPSA) is 39.9 Å². The lowest BCUT2D eigenvalue weighted by Crippen LogP contribution is -1.98. The van der Waals surface area contributed by atoms with Crippen molar-refractivity contribution in [3.05, 3.63) is 95.1 Å². The Hall–Kier alpha value is -3.44. The average molecular weight is 470 g/mol. The van der Waals surface area contributed by atoms with Gasteiger partial charge in [0.15, 0.2) is 5.65 Å². The molecule has 4 nitrogen and oxygen atoms in total.